The number of aromatic nitrogens is 2. The summed E-state index contributed by atoms with van der Waals surface area (Å²) >= 11 is 1.39. The van der Waals surface area contributed by atoms with E-state index in [1.165, 1.54) is 22.6 Å². The Morgan fingerprint density at radius 2 is 2.07 bits per heavy atom. The molecule has 0 unspecified atom stereocenters. The number of halogens is 4. The summed E-state index contributed by atoms with van der Waals surface area (Å²) in [5.74, 6) is 0. The van der Waals surface area contributed by atoms with Gasteiger partial charge in [-0.1, -0.05) is 0 Å². The Kier molecular flexibility index (Phi) is 2.69. The Labute approximate surface area is 89.2 Å². The molecular weight excluding hydrogens is 318 g/mol. The molecule has 5 nitrogen and oxygen atoms in total. The van der Waals surface area contributed by atoms with Crippen LogP contribution in [0.2, 0.25) is 0 Å². The molecule has 0 aliphatic heterocycles. The smallest absolute Gasteiger partial charge is 0.258 e. The van der Waals surface area contributed by atoms with Gasteiger partial charge in [0.25, 0.3) is 0 Å². The first-order chi connectivity index (χ1) is 6.25. The minimum atomic E-state index is -4.77. The highest BCUT2D eigenvalue weighted by Crippen LogP contribution is 2.37. The molecule has 14 heavy (non-hydrogen) atoms. The van der Waals surface area contributed by atoms with E-state index >= 15 is 0 Å². The number of aryl methyl sites for hydroxylation is 1. The van der Waals surface area contributed by atoms with Crippen molar-refractivity contribution < 1.29 is 18.1 Å². The molecule has 78 valence electrons. The first-order valence-electron chi connectivity index (χ1n) is 3.19. The molecule has 0 fully saturated rings. The second-order valence-electron chi connectivity index (χ2n) is 2.37. The summed E-state index contributed by atoms with van der Waals surface area (Å²) in [6.45, 7) is 0. The Balaban J connectivity index is 3.48. The van der Waals surface area contributed by atoms with E-state index in [1.54, 1.807) is 0 Å². The molecular formula is C5H3F3IN3O2. The van der Waals surface area contributed by atoms with Crippen LogP contribution in [0.25, 0.3) is 0 Å². The van der Waals surface area contributed by atoms with Crippen molar-refractivity contribution in [2.45, 2.75) is 6.18 Å². The van der Waals surface area contributed by atoms with Gasteiger partial charge in [0.2, 0.25) is 9.39 Å². The minimum Gasteiger partial charge on any atom is -0.258 e. The van der Waals surface area contributed by atoms with Crippen molar-refractivity contribution in [2.75, 3.05) is 0 Å². The fourth-order valence-corrected chi connectivity index (χ4v) is 1.74. The summed E-state index contributed by atoms with van der Waals surface area (Å²) in [6, 6.07) is 0. The SMILES string of the molecule is Cn1nc(I)c([N+](=O)[O-])c1C(F)(F)F. The van der Waals surface area contributed by atoms with Crippen LogP contribution >= 0.6 is 22.6 Å². The molecule has 9 heteroatoms. The van der Waals surface area contributed by atoms with E-state index in [1.807, 2.05) is 0 Å². The van der Waals surface area contributed by atoms with E-state index in [-0.39, 0.29) is 3.70 Å². The molecule has 0 aliphatic rings. The topological polar surface area (TPSA) is 61.0 Å². The fourth-order valence-electron chi connectivity index (χ4n) is 0.960. The molecule has 0 aliphatic carbocycles. The maximum atomic E-state index is 12.3. The molecule has 1 heterocycles. The summed E-state index contributed by atoms with van der Waals surface area (Å²) in [5.41, 5.74) is -2.34. The molecule has 0 saturated carbocycles. The van der Waals surface area contributed by atoms with Crippen LogP contribution in [-0.2, 0) is 13.2 Å². The molecule has 0 amide bonds. The Hall–Kier alpha value is -0.870. The lowest BCUT2D eigenvalue weighted by atomic mass is 10.3. The summed E-state index contributed by atoms with van der Waals surface area (Å²) in [4.78, 5) is 9.26. The summed E-state index contributed by atoms with van der Waals surface area (Å²) in [5, 5.41) is 13.7. The van der Waals surface area contributed by atoms with Crippen LogP contribution in [0.4, 0.5) is 18.9 Å². The minimum absolute atomic E-state index is 0.276. The van der Waals surface area contributed by atoms with Gasteiger partial charge < -0.3 is 0 Å². The summed E-state index contributed by atoms with van der Waals surface area (Å²) < 4.78 is 37.1. The van der Waals surface area contributed by atoms with Crippen LogP contribution in [0.3, 0.4) is 0 Å². The van der Waals surface area contributed by atoms with E-state index in [2.05, 4.69) is 5.10 Å². The van der Waals surface area contributed by atoms with E-state index in [0.717, 1.165) is 7.05 Å². The molecule has 0 aromatic carbocycles. The number of rotatable bonds is 1. The molecule has 0 N–H and O–H groups in total. The van der Waals surface area contributed by atoms with Gasteiger partial charge in [0.05, 0.1) is 4.92 Å². The molecule has 0 spiro atoms. The Bertz CT molecular complexity index is 386. The van der Waals surface area contributed by atoms with Gasteiger partial charge in [0.1, 0.15) is 0 Å². The zero-order valence-electron chi connectivity index (χ0n) is 6.67. The third-order valence-corrected chi connectivity index (χ3v) is 2.16. The summed E-state index contributed by atoms with van der Waals surface area (Å²) in [6.07, 6.45) is -4.77. The third kappa shape index (κ3) is 1.81. The van der Waals surface area contributed by atoms with E-state index in [4.69, 9.17) is 0 Å². The second-order valence-corrected chi connectivity index (χ2v) is 3.39. The van der Waals surface area contributed by atoms with Gasteiger partial charge in [-0.15, -0.1) is 0 Å². The van der Waals surface area contributed by atoms with Crippen molar-refractivity contribution in [3.05, 3.63) is 19.5 Å². The molecule has 0 atom stereocenters. The van der Waals surface area contributed by atoms with Crippen molar-refractivity contribution in [1.29, 1.82) is 0 Å². The zero-order chi connectivity index (χ0) is 11.1. The Morgan fingerprint density at radius 3 is 2.36 bits per heavy atom. The maximum absolute atomic E-state index is 12.3. The van der Waals surface area contributed by atoms with Crippen LogP contribution < -0.4 is 0 Å². The van der Waals surface area contributed by atoms with E-state index in [0.29, 0.717) is 4.68 Å². The van der Waals surface area contributed by atoms with Crippen molar-refractivity contribution in [3.63, 3.8) is 0 Å². The number of alkyl halides is 3. The first kappa shape index (κ1) is 11.2. The summed E-state index contributed by atoms with van der Waals surface area (Å²) in [7, 11) is 1.01. The fraction of sp³-hybridized carbons (Fsp3) is 0.400. The lowest BCUT2D eigenvalue weighted by Gasteiger charge is -2.04. The van der Waals surface area contributed by atoms with Gasteiger partial charge in [0.15, 0.2) is 0 Å². The van der Waals surface area contributed by atoms with Crippen LogP contribution in [0, 0.1) is 13.8 Å². The average Bonchev–Trinajstić information content (AvgIpc) is 2.23. The molecule has 1 aromatic heterocycles. The molecule has 1 aromatic rings. The predicted octanol–water partition coefficient (Wildman–Crippen LogP) is 1.95. The van der Waals surface area contributed by atoms with Crippen LogP contribution in [0.5, 0.6) is 0 Å². The second kappa shape index (κ2) is 3.37. The van der Waals surface area contributed by atoms with E-state index < -0.39 is 22.5 Å². The molecule has 0 saturated heterocycles. The normalized spacial score (nSPS) is 11.8. The van der Waals surface area contributed by atoms with Gasteiger partial charge in [-0.2, -0.15) is 18.3 Å². The first-order valence-corrected chi connectivity index (χ1v) is 4.27. The van der Waals surface area contributed by atoms with Crippen molar-refractivity contribution in [1.82, 2.24) is 9.78 Å². The quantitative estimate of drug-likeness (QED) is 0.451. The lowest BCUT2D eigenvalue weighted by molar-refractivity contribution is -0.389. The number of nitrogens with zero attached hydrogens (tertiary/aromatic N) is 3. The van der Waals surface area contributed by atoms with Gasteiger partial charge in [0, 0.05) is 7.05 Å². The lowest BCUT2D eigenvalue weighted by Crippen LogP contribution is -2.13. The highest BCUT2D eigenvalue weighted by Gasteiger charge is 2.44. The van der Waals surface area contributed by atoms with E-state index in [9.17, 15) is 23.3 Å². The molecule has 0 radical (unpaired) electrons. The van der Waals surface area contributed by atoms with Crippen LogP contribution in [0.1, 0.15) is 5.69 Å². The zero-order valence-corrected chi connectivity index (χ0v) is 8.83. The highest BCUT2D eigenvalue weighted by molar-refractivity contribution is 14.1. The largest absolute Gasteiger partial charge is 0.439 e. The van der Waals surface area contributed by atoms with Gasteiger partial charge in [-0.05, 0) is 22.6 Å². The van der Waals surface area contributed by atoms with Crippen molar-refractivity contribution >= 4 is 28.3 Å². The standard InChI is InChI=1S/C5H3F3IN3O2/c1-11-3(5(6,7)8)2(12(13)14)4(9)10-11/h1H3. The molecule has 1 rings (SSSR count). The van der Waals surface area contributed by atoms with Gasteiger partial charge >= 0.3 is 11.9 Å². The number of nitro groups is 1. The average molecular weight is 321 g/mol. The monoisotopic (exact) mass is 321 g/mol. The van der Waals surface area contributed by atoms with Crippen molar-refractivity contribution in [2.24, 2.45) is 7.05 Å². The highest BCUT2D eigenvalue weighted by atomic mass is 127. The number of hydrogen-bond acceptors (Lipinski definition) is 3. The van der Waals surface area contributed by atoms with Crippen LogP contribution in [-0.4, -0.2) is 14.7 Å². The van der Waals surface area contributed by atoms with Crippen LogP contribution in [0.15, 0.2) is 0 Å². The van der Waals surface area contributed by atoms with Gasteiger partial charge in [-0.25, -0.2) is 0 Å². The van der Waals surface area contributed by atoms with Gasteiger partial charge in [-0.3, -0.25) is 14.8 Å². The molecule has 0 bridgehead atoms. The van der Waals surface area contributed by atoms with Crippen molar-refractivity contribution in [3.8, 4) is 0 Å². The third-order valence-electron chi connectivity index (χ3n) is 1.43. The Morgan fingerprint density at radius 1 is 1.57 bits per heavy atom. The predicted molar refractivity (Wildman–Crippen MR) is 47.6 cm³/mol. The number of hydrogen-bond donors (Lipinski definition) is 0. The maximum Gasteiger partial charge on any atom is 0.439 e.